The largest absolute Gasteiger partial charge is 0.496 e. The fraction of sp³-hybridized carbons (Fsp3) is 0.278. The van der Waals surface area contributed by atoms with E-state index in [1.165, 1.54) is 12.1 Å². The summed E-state index contributed by atoms with van der Waals surface area (Å²) in [6.45, 7) is 2.34. The first-order valence-electron chi connectivity index (χ1n) is 7.75. The molecular formula is C18H21N3O4. The van der Waals surface area contributed by atoms with Crippen molar-refractivity contribution in [1.82, 2.24) is 4.90 Å². The van der Waals surface area contributed by atoms with E-state index in [9.17, 15) is 14.9 Å². The second-order valence-electron chi connectivity index (χ2n) is 5.80. The Bertz CT molecular complexity index is 792. The van der Waals surface area contributed by atoms with Crippen LogP contribution in [-0.4, -0.2) is 29.9 Å². The van der Waals surface area contributed by atoms with Crippen LogP contribution >= 0.6 is 0 Å². The third-order valence-corrected chi connectivity index (χ3v) is 4.24. The number of primary amides is 1. The molecule has 25 heavy (non-hydrogen) atoms. The average Bonchev–Trinajstić information content (AvgIpc) is 2.60. The van der Waals surface area contributed by atoms with Crippen molar-refractivity contribution in [3.63, 3.8) is 0 Å². The highest BCUT2D eigenvalue weighted by molar-refractivity contribution is 5.93. The number of carbonyl (C=O) groups excluding carboxylic acids is 1. The van der Waals surface area contributed by atoms with Crippen LogP contribution in [0.15, 0.2) is 42.5 Å². The maximum absolute atomic E-state index is 11.3. The number of amides is 1. The van der Waals surface area contributed by atoms with Crippen LogP contribution in [-0.2, 0) is 6.54 Å². The van der Waals surface area contributed by atoms with Gasteiger partial charge < -0.3 is 10.5 Å². The standard InChI is InChI=1S/C18H21N3O4/c1-12(15-6-4-5-7-17(15)25-3)20(2)11-14-9-8-13(18(19)22)10-16(14)21(23)24/h4-10,12H,11H2,1-3H3,(H2,19,22)/t12-/m1/s1. The third-order valence-electron chi connectivity index (χ3n) is 4.24. The molecule has 0 bridgehead atoms. The molecule has 1 amide bonds. The van der Waals surface area contributed by atoms with E-state index in [2.05, 4.69) is 0 Å². The van der Waals surface area contributed by atoms with Crippen molar-refractivity contribution in [1.29, 1.82) is 0 Å². The molecule has 0 saturated heterocycles. The highest BCUT2D eigenvalue weighted by atomic mass is 16.6. The van der Waals surface area contributed by atoms with Gasteiger partial charge in [-0.1, -0.05) is 24.3 Å². The van der Waals surface area contributed by atoms with Gasteiger partial charge in [-0.3, -0.25) is 19.8 Å². The second kappa shape index (κ2) is 7.76. The summed E-state index contributed by atoms with van der Waals surface area (Å²) in [7, 11) is 3.49. The number of para-hydroxylation sites is 1. The van der Waals surface area contributed by atoms with Gasteiger partial charge >= 0.3 is 0 Å². The molecule has 0 saturated carbocycles. The number of hydrogen-bond acceptors (Lipinski definition) is 5. The van der Waals surface area contributed by atoms with E-state index >= 15 is 0 Å². The summed E-state index contributed by atoms with van der Waals surface area (Å²) in [4.78, 5) is 24.1. The topological polar surface area (TPSA) is 98.7 Å². The predicted octanol–water partition coefficient (Wildman–Crippen LogP) is 2.90. The minimum Gasteiger partial charge on any atom is -0.496 e. The lowest BCUT2D eigenvalue weighted by molar-refractivity contribution is -0.385. The molecule has 0 heterocycles. The van der Waals surface area contributed by atoms with Crippen LogP contribution in [0, 0.1) is 10.1 Å². The number of hydrogen-bond donors (Lipinski definition) is 1. The molecule has 2 N–H and O–H groups in total. The lowest BCUT2D eigenvalue weighted by Gasteiger charge is -2.26. The Balaban J connectivity index is 2.29. The maximum Gasteiger partial charge on any atom is 0.274 e. The van der Waals surface area contributed by atoms with Crippen LogP contribution in [0.4, 0.5) is 5.69 Å². The van der Waals surface area contributed by atoms with Gasteiger partial charge in [-0.05, 0) is 26.1 Å². The number of carbonyl (C=O) groups is 1. The summed E-state index contributed by atoms with van der Waals surface area (Å²) >= 11 is 0. The zero-order valence-electron chi connectivity index (χ0n) is 14.4. The zero-order chi connectivity index (χ0) is 18.6. The molecule has 0 aliphatic heterocycles. The van der Waals surface area contributed by atoms with Crippen molar-refractivity contribution >= 4 is 11.6 Å². The van der Waals surface area contributed by atoms with Crippen molar-refractivity contribution in [2.75, 3.05) is 14.2 Å². The first kappa shape index (κ1) is 18.4. The molecule has 0 radical (unpaired) electrons. The fourth-order valence-electron chi connectivity index (χ4n) is 2.68. The fourth-order valence-corrected chi connectivity index (χ4v) is 2.68. The molecule has 132 valence electrons. The zero-order valence-corrected chi connectivity index (χ0v) is 14.4. The molecular weight excluding hydrogens is 322 g/mol. The van der Waals surface area contributed by atoms with Gasteiger partial charge in [0.1, 0.15) is 5.75 Å². The number of nitrogens with two attached hydrogens (primary N) is 1. The first-order chi connectivity index (χ1) is 11.8. The monoisotopic (exact) mass is 343 g/mol. The van der Waals surface area contributed by atoms with Gasteiger partial charge in [-0.25, -0.2) is 0 Å². The van der Waals surface area contributed by atoms with Gasteiger partial charge in [0.05, 0.1) is 12.0 Å². The number of nitrogens with zero attached hydrogens (tertiary/aromatic N) is 2. The van der Waals surface area contributed by atoms with E-state index in [1.54, 1.807) is 13.2 Å². The molecule has 0 aliphatic rings. The van der Waals surface area contributed by atoms with Crippen molar-refractivity contribution < 1.29 is 14.5 Å². The first-order valence-corrected chi connectivity index (χ1v) is 7.75. The Morgan fingerprint density at radius 2 is 2.00 bits per heavy atom. The van der Waals surface area contributed by atoms with E-state index in [1.807, 2.05) is 43.1 Å². The molecule has 0 aliphatic carbocycles. The summed E-state index contributed by atoms with van der Waals surface area (Å²) in [6, 6.07) is 11.9. The highest BCUT2D eigenvalue weighted by Gasteiger charge is 2.21. The number of nitro groups is 1. The Labute approximate surface area is 146 Å². The summed E-state index contributed by atoms with van der Waals surface area (Å²) < 4.78 is 5.38. The normalized spacial score (nSPS) is 12.0. The molecule has 2 rings (SSSR count). The summed E-state index contributed by atoms with van der Waals surface area (Å²) in [5, 5.41) is 11.3. The molecule has 2 aromatic rings. The summed E-state index contributed by atoms with van der Waals surface area (Å²) in [5.41, 5.74) is 6.71. The predicted molar refractivity (Wildman–Crippen MR) is 94.5 cm³/mol. The van der Waals surface area contributed by atoms with Gasteiger partial charge in [-0.15, -0.1) is 0 Å². The number of methoxy groups -OCH3 is 1. The van der Waals surface area contributed by atoms with E-state index in [0.717, 1.165) is 11.3 Å². The summed E-state index contributed by atoms with van der Waals surface area (Å²) in [6.07, 6.45) is 0. The van der Waals surface area contributed by atoms with Crippen LogP contribution in [0.5, 0.6) is 5.75 Å². The van der Waals surface area contributed by atoms with Crippen LogP contribution in [0.25, 0.3) is 0 Å². The molecule has 7 heteroatoms. The molecule has 0 spiro atoms. The van der Waals surface area contributed by atoms with Crippen LogP contribution in [0.2, 0.25) is 0 Å². The van der Waals surface area contributed by atoms with Gasteiger partial charge in [-0.2, -0.15) is 0 Å². The smallest absolute Gasteiger partial charge is 0.274 e. The van der Waals surface area contributed by atoms with E-state index in [-0.39, 0.29) is 17.3 Å². The van der Waals surface area contributed by atoms with Crippen molar-refractivity contribution in [3.05, 3.63) is 69.3 Å². The van der Waals surface area contributed by atoms with Crippen molar-refractivity contribution in [2.24, 2.45) is 5.73 Å². The third kappa shape index (κ3) is 4.13. The lowest BCUT2D eigenvalue weighted by Crippen LogP contribution is -2.23. The molecule has 7 nitrogen and oxygen atoms in total. The molecule has 0 aromatic heterocycles. The number of nitro benzene ring substituents is 1. The van der Waals surface area contributed by atoms with Gasteiger partial charge in [0.2, 0.25) is 5.91 Å². The second-order valence-corrected chi connectivity index (χ2v) is 5.80. The van der Waals surface area contributed by atoms with Crippen molar-refractivity contribution in [3.8, 4) is 5.75 Å². The Kier molecular flexibility index (Phi) is 5.71. The van der Waals surface area contributed by atoms with Crippen LogP contribution < -0.4 is 10.5 Å². The molecule has 1 atom stereocenters. The quantitative estimate of drug-likeness (QED) is 0.615. The molecule has 0 fully saturated rings. The minimum atomic E-state index is -0.689. The van der Waals surface area contributed by atoms with E-state index in [0.29, 0.717) is 12.1 Å². The Hall–Kier alpha value is -2.93. The maximum atomic E-state index is 11.3. The SMILES string of the molecule is COc1ccccc1[C@@H](C)N(C)Cc1ccc(C(N)=O)cc1[N+](=O)[O-]. The summed E-state index contributed by atoms with van der Waals surface area (Å²) in [5.74, 6) is 0.0748. The van der Waals surface area contributed by atoms with Gasteiger partial charge in [0, 0.05) is 35.3 Å². The number of rotatable bonds is 7. The van der Waals surface area contributed by atoms with E-state index < -0.39 is 10.8 Å². The Morgan fingerprint density at radius 3 is 2.60 bits per heavy atom. The average molecular weight is 343 g/mol. The molecule has 0 unspecified atom stereocenters. The molecule has 2 aromatic carbocycles. The minimum absolute atomic E-state index is 0.0217. The van der Waals surface area contributed by atoms with Gasteiger partial charge in [0.25, 0.3) is 5.69 Å². The number of ether oxygens (including phenoxy) is 1. The number of benzene rings is 2. The van der Waals surface area contributed by atoms with Gasteiger partial charge in [0.15, 0.2) is 0 Å². The Morgan fingerprint density at radius 1 is 1.32 bits per heavy atom. The lowest BCUT2D eigenvalue weighted by atomic mass is 10.0. The van der Waals surface area contributed by atoms with Crippen molar-refractivity contribution in [2.45, 2.75) is 19.5 Å². The van der Waals surface area contributed by atoms with Crippen LogP contribution in [0.3, 0.4) is 0 Å². The van der Waals surface area contributed by atoms with E-state index in [4.69, 9.17) is 10.5 Å². The highest BCUT2D eigenvalue weighted by Crippen LogP contribution is 2.30. The van der Waals surface area contributed by atoms with Crippen LogP contribution in [0.1, 0.15) is 34.5 Å².